The lowest BCUT2D eigenvalue weighted by atomic mass is 9.74. The third-order valence-electron chi connectivity index (χ3n) is 3.73. The summed E-state index contributed by atoms with van der Waals surface area (Å²) in [5, 5.41) is 8.89. The quantitative estimate of drug-likeness (QED) is 0.723. The van der Waals surface area contributed by atoms with Crippen molar-refractivity contribution in [3.63, 3.8) is 0 Å². The summed E-state index contributed by atoms with van der Waals surface area (Å²) in [7, 11) is 0. The van der Waals surface area contributed by atoms with E-state index < -0.39 is 0 Å². The summed E-state index contributed by atoms with van der Waals surface area (Å²) in [6.07, 6.45) is 5.83. The van der Waals surface area contributed by atoms with Gasteiger partial charge in [0.05, 0.1) is 6.07 Å². The molecule has 2 unspecified atom stereocenters. The van der Waals surface area contributed by atoms with E-state index in [0.29, 0.717) is 11.8 Å². The highest BCUT2D eigenvalue weighted by Crippen LogP contribution is 2.39. The van der Waals surface area contributed by atoms with Crippen molar-refractivity contribution in [3.05, 3.63) is 35.4 Å². The molecular weight excluding hydrogens is 194 g/mol. The zero-order chi connectivity index (χ0) is 11.4. The van der Waals surface area contributed by atoms with Gasteiger partial charge < -0.3 is 0 Å². The second-order valence-electron chi connectivity index (χ2n) is 4.93. The Hall–Kier alpha value is -1.29. The standard InChI is InChI=1S/C15H19N/c1-12-5-4-7-14(11-12)15-8-3-2-6-13(15)9-10-16/h4-5,7,11,13,15H,2-3,6,8-9H2,1H3. The van der Waals surface area contributed by atoms with Crippen molar-refractivity contribution in [2.75, 3.05) is 0 Å². The van der Waals surface area contributed by atoms with Gasteiger partial charge in [-0.2, -0.15) is 5.26 Å². The number of nitriles is 1. The van der Waals surface area contributed by atoms with E-state index in [1.807, 2.05) is 0 Å². The topological polar surface area (TPSA) is 23.8 Å². The van der Waals surface area contributed by atoms with Crippen LogP contribution in [0, 0.1) is 24.2 Å². The molecule has 2 rings (SSSR count). The average molecular weight is 213 g/mol. The van der Waals surface area contributed by atoms with Crippen molar-refractivity contribution in [1.82, 2.24) is 0 Å². The molecule has 1 aromatic rings. The number of nitrogens with zero attached hydrogens (tertiary/aromatic N) is 1. The molecule has 0 saturated heterocycles. The third kappa shape index (κ3) is 2.44. The molecule has 0 spiro atoms. The predicted molar refractivity (Wildman–Crippen MR) is 66.1 cm³/mol. The van der Waals surface area contributed by atoms with E-state index in [2.05, 4.69) is 37.3 Å². The Morgan fingerprint density at radius 2 is 2.12 bits per heavy atom. The fourth-order valence-electron chi connectivity index (χ4n) is 2.91. The molecule has 2 atom stereocenters. The fourth-order valence-corrected chi connectivity index (χ4v) is 2.91. The Bertz CT molecular complexity index is 389. The van der Waals surface area contributed by atoms with Gasteiger partial charge in [-0.1, -0.05) is 42.7 Å². The van der Waals surface area contributed by atoms with E-state index >= 15 is 0 Å². The molecule has 0 amide bonds. The van der Waals surface area contributed by atoms with Gasteiger partial charge in [-0.25, -0.2) is 0 Å². The minimum Gasteiger partial charge on any atom is -0.198 e. The lowest BCUT2D eigenvalue weighted by molar-refractivity contribution is 0.312. The number of benzene rings is 1. The van der Waals surface area contributed by atoms with Crippen molar-refractivity contribution in [3.8, 4) is 6.07 Å². The molecule has 1 heteroatoms. The SMILES string of the molecule is Cc1cccc(C2CCCCC2CC#N)c1. The Morgan fingerprint density at radius 3 is 2.88 bits per heavy atom. The Morgan fingerprint density at radius 1 is 1.31 bits per heavy atom. The van der Waals surface area contributed by atoms with Crippen LogP contribution in [-0.2, 0) is 0 Å². The molecular formula is C15H19N. The molecule has 1 aliphatic rings. The van der Waals surface area contributed by atoms with E-state index in [-0.39, 0.29) is 0 Å². The largest absolute Gasteiger partial charge is 0.198 e. The monoisotopic (exact) mass is 213 g/mol. The molecule has 1 aliphatic carbocycles. The smallest absolute Gasteiger partial charge is 0.0624 e. The number of rotatable bonds is 2. The molecule has 1 fully saturated rings. The number of hydrogen-bond donors (Lipinski definition) is 0. The lowest BCUT2D eigenvalue weighted by Crippen LogP contribution is -2.17. The van der Waals surface area contributed by atoms with Crippen LogP contribution in [0.3, 0.4) is 0 Å². The fraction of sp³-hybridized carbons (Fsp3) is 0.533. The molecule has 1 saturated carbocycles. The minimum absolute atomic E-state index is 0.584. The van der Waals surface area contributed by atoms with Gasteiger partial charge in [-0.05, 0) is 37.2 Å². The second kappa shape index (κ2) is 5.16. The van der Waals surface area contributed by atoms with Gasteiger partial charge >= 0.3 is 0 Å². The second-order valence-corrected chi connectivity index (χ2v) is 4.93. The van der Waals surface area contributed by atoms with Crippen molar-refractivity contribution in [1.29, 1.82) is 5.26 Å². The molecule has 0 bridgehead atoms. The molecule has 16 heavy (non-hydrogen) atoms. The highest BCUT2D eigenvalue weighted by molar-refractivity contribution is 5.26. The molecule has 0 radical (unpaired) electrons. The lowest BCUT2D eigenvalue weighted by Gasteiger charge is -2.30. The van der Waals surface area contributed by atoms with E-state index in [0.717, 1.165) is 6.42 Å². The molecule has 0 N–H and O–H groups in total. The van der Waals surface area contributed by atoms with Crippen molar-refractivity contribution in [2.45, 2.75) is 44.9 Å². The van der Waals surface area contributed by atoms with Gasteiger partial charge in [0, 0.05) is 6.42 Å². The first-order chi connectivity index (χ1) is 7.81. The van der Waals surface area contributed by atoms with Crippen LogP contribution in [0.1, 0.15) is 49.1 Å². The van der Waals surface area contributed by atoms with E-state index in [4.69, 9.17) is 5.26 Å². The van der Waals surface area contributed by atoms with Crippen LogP contribution in [0.15, 0.2) is 24.3 Å². The number of aryl methyl sites for hydroxylation is 1. The zero-order valence-corrected chi connectivity index (χ0v) is 9.95. The van der Waals surface area contributed by atoms with Crippen molar-refractivity contribution in [2.24, 2.45) is 5.92 Å². The van der Waals surface area contributed by atoms with Crippen LogP contribution in [0.4, 0.5) is 0 Å². The summed E-state index contributed by atoms with van der Waals surface area (Å²) in [4.78, 5) is 0. The molecule has 84 valence electrons. The summed E-state index contributed by atoms with van der Waals surface area (Å²) < 4.78 is 0. The maximum Gasteiger partial charge on any atom is 0.0624 e. The van der Waals surface area contributed by atoms with Gasteiger partial charge in [0.25, 0.3) is 0 Å². The van der Waals surface area contributed by atoms with Crippen LogP contribution in [0.5, 0.6) is 0 Å². The van der Waals surface area contributed by atoms with Crippen LogP contribution < -0.4 is 0 Å². The maximum absolute atomic E-state index is 8.89. The van der Waals surface area contributed by atoms with E-state index in [9.17, 15) is 0 Å². The van der Waals surface area contributed by atoms with E-state index in [1.54, 1.807) is 0 Å². The predicted octanol–water partition coefficient (Wildman–Crippen LogP) is 4.18. The first-order valence-corrected chi connectivity index (χ1v) is 6.25. The highest BCUT2D eigenvalue weighted by atomic mass is 14.3. The normalized spacial score (nSPS) is 25.0. The minimum atomic E-state index is 0.584. The van der Waals surface area contributed by atoms with Crippen molar-refractivity contribution >= 4 is 0 Å². The van der Waals surface area contributed by atoms with Crippen LogP contribution in [-0.4, -0.2) is 0 Å². The Kier molecular flexibility index (Phi) is 3.62. The van der Waals surface area contributed by atoms with Gasteiger partial charge in [-0.15, -0.1) is 0 Å². The van der Waals surface area contributed by atoms with Crippen LogP contribution >= 0.6 is 0 Å². The maximum atomic E-state index is 8.89. The zero-order valence-electron chi connectivity index (χ0n) is 9.95. The van der Waals surface area contributed by atoms with Gasteiger partial charge in [-0.3, -0.25) is 0 Å². The highest BCUT2D eigenvalue weighted by Gasteiger charge is 2.26. The molecule has 1 nitrogen and oxygen atoms in total. The average Bonchev–Trinajstić information content (AvgIpc) is 2.30. The third-order valence-corrected chi connectivity index (χ3v) is 3.73. The summed E-state index contributed by atoms with van der Waals surface area (Å²) in [5.41, 5.74) is 2.78. The first kappa shape index (κ1) is 11.2. The molecule has 0 heterocycles. The van der Waals surface area contributed by atoms with Crippen molar-refractivity contribution < 1.29 is 0 Å². The summed E-state index contributed by atoms with van der Waals surface area (Å²) in [5.74, 6) is 1.20. The van der Waals surface area contributed by atoms with Gasteiger partial charge in [0.2, 0.25) is 0 Å². The summed E-state index contributed by atoms with van der Waals surface area (Å²) >= 11 is 0. The van der Waals surface area contributed by atoms with E-state index in [1.165, 1.54) is 36.8 Å². The Balaban J connectivity index is 2.20. The molecule has 0 aliphatic heterocycles. The summed E-state index contributed by atoms with van der Waals surface area (Å²) in [6.45, 7) is 2.14. The van der Waals surface area contributed by atoms with Gasteiger partial charge in [0.15, 0.2) is 0 Å². The Labute approximate surface area is 98.1 Å². The van der Waals surface area contributed by atoms with Crippen LogP contribution in [0.2, 0.25) is 0 Å². The molecule has 0 aromatic heterocycles. The first-order valence-electron chi connectivity index (χ1n) is 6.25. The van der Waals surface area contributed by atoms with Gasteiger partial charge in [0.1, 0.15) is 0 Å². The molecule has 1 aromatic carbocycles. The number of hydrogen-bond acceptors (Lipinski definition) is 1. The van der Waals surface area contributed by atoms with Crippen LogP contribution in [0.25, 0.3) is 0 Å². The summed E-state index contributed by atoms with van der Waals surface area (Å²) in [6, 6.07) is 11.2.